The van der Waals surface area contributed by atoms with E-state index in [9.17, 15) is 26.4 Å². The SMILES string of the molecule is CS(=O)(=O)N(CC(=O)NCc1cccc(CN2CCCCC2)c1)c1ccc(C(F)(F)F)cc1. The molecule has 1 heterocycles. The minimum Gasteiger partial charge on any atom is -0.350 e. The zero-order valence-corrected chi connectivity index (χ0v) is 19.3. The molecule has 0 spiro atoms. The molecule has 1 aliphatic heterocycles. The fourth-order valence-corrected chi connectivity index (χ4v) is 4.67. The summed E-state index contributed by atoms with van der Waals surface area (Å²) in [4.78, 5) is 14.9. The maximum absolute atomic E-state index is 12.8. The second-order valence-corrected chi connectivity index (χ2v) is 10.2. The van der Waals surface area contributed by atoms with Gasteiger partial charge >= 0.3 is 6.18 Å². The van der Waals surface area contributed by atoms with Crippen LogP contribution in [-0.4, -0.2) is 45.1 Å². The van der Waals surface area contributed by atoms with Crippen molar-refractivity contribution in [2.75, 3.05) is 30.2 Å². The van der Waals surface area contributed by atoms with Crippen LogP contribution in [-0.2, 0) is 34.1 Å². The average molecular weight is 484 g/mol. The van der Waals surface area contributed by atoms with Crippen LogP contribution in [0.2, 0.25) is 0 Å². The van der Waals surface area contributed by atoms with Crippen LogP contribution in [0.3, 0.4) is 0 Å². The Morgan fingerprint density at radius 2 is 1.67 bits per heavy atom. The standard InChI is InChI=1S/C23H28F3N3O3S/c1-33(31,32)29(21-10-8-20(9-11-21)23(24,25)26)17-22(30)27-15-18-6-5-7-19(14-18)16-28-12-3-2-4-13-28/h5-11,14H,2-4,12-13,15-17H2,1H3,(H,27,30). The number of carbonyl (C=O) groups excluding carboxylic acids is 1. The largest absolute Gasteiger partial charge is 0.416 e. The summed E-state index contributed by atoms with van der Waals surface area (Å²) in [6.07, 6.45) is 0.0347. The summed E-state index contributed by atoms with van der Waals surface area (Å²) in [5.74, 6) is -0.554. The summed E-state index contributed by atoms with van der Waals surface area (Å²) < 4.78 is 63.5. The zero-order chi connectivity index (χ0) is 24.1. The minimum atomic E-state index is -4.53. The van der Waals surface area contributed by atoms with Gasteiger partial charge in [-0.05, 0) is 61.3 Å². The Labute approximate surface area is 192 Å². The van der Waals surface area contributed by atoms with Gasteiger partial charge in [-0.3, -0.25) is 14.0 Å². The fourth-order valence-electron chi connectivity index (χ4n) is 3.82. The van der Waals surface area contributed by atoms with Gasteiger partial charge in [0.05, 0.1) is 17.5 Å². The van der Waals surface area contributed by atoms with E-state index in [1.807, 2.05) is 24.3 Å². The topological polar surface area (TPSA) is 69.7 Å². The molecule has 2 aromatic rings. The number of nitrogens with zero attached hydrogens (tertiary/aromatic N) is 2. The lowest BCUT2D eigenvalue weighted by atomic mass is 10.1. The van der Waals surface area contributed by atoms with Crippen molar-refractivity contribution in [3.63, 3.8) is 0 Å². The highest BCUT2D eigenvalue weighted by molar-refractivity contribution is 7.92. The number of hydrogen-bond acceptors (Lipinski definition) is 4. The number of anilines is 1. The first kappa shape index (κ1) is 25.0. The van der Waals surface area contributed by atoms with Crippen molar-refractivity contribution in [1.82, 2.24) is 10.2 Å². The number of amides is 1. The van der Waals surface area contributed by atoms with Crippen molar-refractivity contribution in [1.29, 1.82) is 0 Å². The van der Waals surface area contributed by atoms with Crippen molar-refractivity contribution in [2.45, 2.75) is 38.5 Å². The Hall–Kier alpha value is -2.59. The summed E-state index contributed by atoms with van der Waals surface area (Å²) in [7, 11) is -3.88. The van der Waals surface area contributed by atoms with E-state index in [1.54, 1.807) is 0 Å². The van der Waals surface area contributed by atoms with Crippen LogP contribution in [0.5, 0.6) is 0 Å². The summed E-state index contributed by atoms with van der Waals surface area (Å²) >= 11 is 0. The van der Waals surface area contributed by atoms with Gasteiger partial charge in [0, 0.05) is 13.1 Å². The third-order valence-corrected chi connectivity index (χ3v) is 6.65. The maximum atomic E-state index is 12.8. The Balaban J connectivity index is 1.61. The van der Waals surface area contributed by atoms with Crippen molar-refractivity contribution in [3.05, 3.63) is 65.2 Å². The normalized spacial score (nSPS) is 15.3. The minimum absolute atomic E-state index is 0.0100. The number of sulfonamides is 1. The Bertz CT molecular complexity index is 1050. The van der Waals surface area contributed by atoms with E-state index in [1.165, 1.54) is 19.3 Å². The lowest BCUT2D eigenvalue weighted by molar-refractivity contribution is -0.137. The highest BCUT2D eigenvalue weighted by atomic mass is 32.2. The van der Waals surface area contributed by atoms with Gasteiger partial charge in [-0.1, -0.05) is 30.7 Å². The van der Waals surface area contributed by atoms with Gasteiger partial charge in [0.2, 0.25) is 15.9 Å². The number of likely N-dealkylation sites (tertiary alicyclic amines) is 1. The smallest absolute Gasteiger partial charge is 0.350 e. The summed E-state index contributed by atoms with van der Waals surface area (Å²) in [6.45, 7) is 2.69. The second-order valence-electron chi connectivity index (χ2n) is 8.25. The van der Waals surface area contributed by atoms with Gasteiger partial charge in [0.1, 0.15) is 6.54 Å². The third kappa shape index (κ3) is 7.46. The van der Waals surface area contributed by atoms with Crippen molar-refractivity contribution < 1.29 is 26.4 Å². The van der Waals surface area contributed by atoms with Crippen LogP contribution >= 0.6 is 0 Å². The molecule has 0 atom stereocenters. The fraction of sp³-hybridized carbons (Fsp3) is 0.435. The molecule has 0 aromatic heterocycles. The Kier molecular flexibility index (Phi) is 8.01. The summed E-state index contributed by atoms with van der Waals surface area (Å²) in [6, 6.07) is 11.5. The average Bonchev–Trinajstić information content (AvgIpc) is 2.76. The number of carbonyl (C=O) groups is 1. The first-order valence-electron chi connectivity index (χ1n) is 10.7. The number of piperidine rings is 1. The van der Waals surface area contributed by atoms with Crippen LogP contribution < -0.4 is 9.62 Å². The van der Waals surface area contributed by atoms with E-state index in [-0.39, 0.29) is 12.2 Å². The van der Waals surface area contributed by atoms with E-state index >= 15 is 0 Å². The van der Waals surface area contributed by atoms with Crippen LogP contribution in [0.1, 0.15) is 36.0 Å². The summed E-state index contributed by atoms with van der Waals surface area (Å²) in [5.41, 5.74) is 1.13. The van der Waals surface area contributed by atoms with Gasteiger partial charge in [-0.2, -0.15) is 13.2 Å². The van der Waals surface area contributed by atoms with Crippen molar-refractivity contribution in [3.8, 4) is 0 Å². The molecule has 0 unspecified atom stereocenters. The lowest BCUT2D eigenvalue weighted by Crippen LogP contribution is -2.40. The number of nitrogens with one attached hydrogen (secondary N) is 1. The van der Waals surface area contributed by atoms with Crippen LogP contribution in [0.4, 0.5) is 18.9 Å². The van der Waals surface area contributed by atoms with Crippen LogP contribution in [0.15, 0.2) is 48.5 Å². The number of hydrogen-bond donors (Lipinski definition) is 1. The molecule has 2 aromatic carbocycles. The number of halogens is 3. The number of rotatable bonds is 8. The maximum Gasteiger partial charge on any atom is 0.416 e. The second kappa shape index (κ2) is 10.6. The Morgan fingerprint density at radius 3 is 2.27 bits per heavy atom. The molecule has 180 valence electrons. The first-order chi connectivity index (χ1) is 15.5. The quantitative estimate of drug-likeness (QED) is 0.621. The molecular weight excluding hydrogens is 455 g/mol. The Morgan fingerprint density at radius 1 is 1.03 bits per heavy atom. The predicted molar refractivity (Wildman–Crippen MR) is 121 cm³/mol. The summed E-state index contributed by atoms with van der Waals surface area (Å²) in [5, 5.41) is 2.70. The van der Waals surface area contributed by atoms with Gasteiger partial charge in [-0.25, -0.2) is 8.42 Å². The zero-order valence-electron chi connectivity index (χ0n) is 18.4. The van der Waals surface area contributed by atoms with Gasteiger partial charge in [-0.15, -0.1) is 0 Å². The molecule has 10 heteroatoms. The molecule has 1 N–H and O–H groups in total. The predicted octanol–water partition coefficient (Wildman–Crippen LogP) is 3.77. The highest BCUT2D eigenvalue weighted by Gasteiger charge is 2.31. The lowest BCUT2D eigenvalue weighted by Gasteiger charge is -2.26. The molecule has 33 heavy (non-hydrogen) atoms. The molecule has 0 radical (unpaired) electrons. The molecule has 0 aliphatic carbocycles. The van der Waals surface area contributed by atoms with Crippen LogP contribution in [0, 0.1) is 0 Å². The molecular formula is C23H28F3N3O3S. The molecule has 6 nitrogen and oxygen atoms in total. The molecule has 1 aliphatic rings. The molecule has 1 saturated heterocycles. The van der Waals surface area contributed by atoms with E-state index in [0.717, 1.165) is 65.6 Å². The third-order valence-electron chi connectivity index (χ3n) is 5.51. The van der Waals surface area contributed by atoms with Crippen molar-refractivity contribution in [2.24, 2.45) is 0 Å². The van der Waals surface area contributed by atoms with Crippen LogP contribution in [0.25, 0.3) is 0 Å². The van der Waals surface area contributed by atoms with Gasteiger partial charge < -0.3 is 5.32 Å². The van der Waals surface area contributed by atoms with E-state index in [0.29, 0.717) is 0 Å². The molecule has 0 saturated carbocycles. The monoisotopic (exact) mass is 483 g/mol. The van der Waals surface area contributed by atoms with E-state index in [2.05, 4.69) is 10.2 Å². The molecule has 1 fully saturated rings. The number of benzene rings is 2. The first-order valence-corrected chi connectivity index (χ1v) is 12.6. The molecule has 0 bridgehead atoms. The number of alkyl halides is 3. The highest BCUT2D eigenvalue weighted by Crippen LogP contribution is 2.31. The molecule has 1 amide bonds. The van der Waals surface area contributed by atoms with E-state index < -0.39 is 34.2 Å². The van der Waals surface area contributed by atoms with Crippen molar-refractivity contribution >= 4 is 21.6 Å². The van der Waals surface area contributed by atoms with Gasteiger partial charge in [0.25, 0.3) is 0 Å². The molecule has 3 rings (SSSR count). The van der Waals surface area contributed by atoms with Gasteiger partial charge in [0.15, 0.2) is 0 Å². The van der Waals surface area contributed by atoms with E-state index in [4.69, 9.17) is 0 Å².